The van der Waals surface area contributed by atoms with Crippen molar-refractivity contribution in [3.8, 4) is 5.75 Å². The largest absolute Gasteiger partial charge is 0.496 e. The fraction of sp³-hybridized carbons (Fsp3) is 0.211. The molecule has 27 heavy (non-hydrogen) atoms. The van der Waals surface area contributed by atoms with Gasteiger partial charge in [-0.05, 0) is 65.1 Å². The molecule has 3 amide bonds. The predicted molar refractivity (Wildman–Crippen MR) is 111 cm³/mol. The Morgan fingerprint density at radius 1 is 0.926 bits per heavy atom. The number of halogens is 1. The summed E-state index contributed by atoms with van der Waals surface area (Å²) in [6.07, 6.45) is 0. The molecular formula is C19H20IN3O4. The van der Waals surface area contributed by atoms with Crippen molar-refractivity contribution in [2.45, 2.75) is 13.8 Å². The summed E-state index contributed by atoms with van der Waals surface area (Å²) in [6.45, 7) is 3.59. The number of carbonyl (C=O) groups excluding carboxylic acids is 3. The smallest absolute Gasteiger partial charge is 0.269 e. The zero-order valence-corrected chi connectivity index (χ0v) is 17.3. The number of hydrazine groups is 1. The Morgan fingerprint density at radius 2 is 1.48 bits per heavy atom. The van der Waals surface area contributed by atoms with E-state index in [0.29, 0.717) is 22.6 Å². The van der Waals surface area contributed by atoms with Crippen LogP contribution >= 0.6 is 22.6 Å². The fourth-order valence-electron chi connectivity index (χ4n) is 2.06. The molecule has 0 bridgehead atoms. The molecule has 142 valence electrons. The van der Waals surface area contributed by atoms with Gasteiger partial charge < -0.3 is 10.1 Å². The van der Waals surface area contributed by atoms with Crippen molar-refractivity contribution in [1.29, 1.82) is 0 Å². The Bertz CT molecular complexity index is 851. The number of hydrogen-bond acceptors (Lipinski definition) is 4. The highest BCUT2D eigenvalue weighted by molar-refractivity contribution is 14.1. The Morgan fingerprint density at radius 3 is 2.00 bits per heavy atom. The molecule has 0 aromatic heterocycles. The average molecular weight is 481 g/mol. The van der Waals surface area contributed by atoms with Crippen LogP contribution in [0.15, 0.2) is 42.5 Å². The summed E-state index contributed by atoms with van der Waals surface area (Å²) in [5, 5.41) is 2.74. The van der Waals surface area contributed by atoms with Crippen molar-refractivity contribution in [1.82, 2.24) is 10.9 Å². The summed E-state index contributed by atoms with van der Waals surface area (Å²) in [6, 6.07) is 11.3. The Balaban J connectivity index is 1.94. The zero-order chi connectivity index (χ0) is 20.0. The van der Waals surface area contributed by atoms with Crippen molar-refractivity contribution in [2.24, 2.45) is 5.92 Å². The molecule has 7 nitrogen and oxygen atoms in total. The number of benzene rings is 2. The lowest BCUT2D eigenvalue weighted by molar-refractivity contribution is -0.118. The van der Waals surface area contributed by atoms with Gasteiger partial charge >= 0.3 is 0 Å². The summed E-state index contributed by atoms with van der Waals surface area (Å²) in [5.74, 6) is -0.475. The van der Waals surface area contributed by atoms with E-state index >= 15 is 0 Å². The number of carbonyl (C=O) groups is 3. The lowest BCUT2D eigenvalue weighted by Crippen LogP contribution is -2.41. The van der Waals surface area contributed by atoms with Crippen LogP contribution in [-0.2, 0) is 4.79 Å². The number of nitrogens with one attached hydrogen (secondary N) is 3. The van der Waals surface area contributed by atoms with Gasteiger partial charge in [0, 0.05) is 22.7 Å². The Kier molecular flexibility index (Phi) is 7.17. The maximum Gasteiger partial charge on any atom is 0.269 e. The number of rotatable bonds is 5. The maximum atomic E-state index is 12.2. The number of anilines is 1. The first-order chi connectivity index (χ1) is 12.8. The van der Waals surface area contributed by atoms with Gasteiger partial charge in [0.05, 0.1) is 10.7 Å². The van der Waals surface area contributed by atoms with Crippen LogP contribution in [0.1, 0.15) is 34.6 Å². The van der Waals surface area contributed by atoms with E-state index in [4.69, 9.17) is 4.74 Å². The minimum Gasteiger partial charge on any atom is -0.496 e. The first-order valence-electron chi connectivity index (χ1n) is 8.17. The molecule has 2 aromatic rings. The van der Waals surface area contributed by atoms with Gasteiger partial charge in [0.1, 0.15) is 5.75 Å². The van der Waals surface area contributed by atoms with E-state index in [0.717, 1.165) is 3.57 Å². The molecule has 0 saturated carbocycles. The summed E-state index contributed by atoms with van der Waals surface area (Å²) in [7, 11) is 1.55. The summed E-state index contributed by atoms with van der Waals surface area (Å²) in [5.41, 5.74) is 6.08. The summed E-state index contributed by atoms with van der Waals surface area (Å²) >= 11 is 2.06. The van der Waals surface area contributed by atoms with E-state index in [1.54, 1.807) is 63.4 Å². The van der Waals surface area contributed by atoms with Crippen molar-refractivity contribution < 1.29 is 19.1 Å². The van der Waals surface area contributed by atoms with Crippen LogP contribution in [0.4, 0.5) is 5.69 Å². The van der Waals surface area contributed by atoms with Gasteiger partial charge in [-0.1, -0.05) is 13.8 Å². The van der Waals surface area contributed by atoms with Crippen LogP contribution in [0, 0.1) is 9.49 Å². The second-order valence-electron chi connectivity index (χ2n) is 5.98. The predicted octanol–water partition coefficient (Wildman–Crippen LogP) is 2.97. The monoisotopic (exact) mass is 481 g/mol. The quantitative estimate of drug-likeness (QED) is 0.452. The molecule has 0 radical (unpaired) electrons. The van der Waals surface area contributed by atoms with Crippen LogP contribution in [0.5, 0.6) is 5.75 Å². The van der Waals surface area contributed by atoms with E-state index in [1.165, 1.54) is 0 Å². The van der Waals surface area contributed by atoms with E-state index in [9.17, 15) is 14.4 Å². The number of ether oxygens (including phenoxy) is 1. The van der Waals surface area contributed by atoms with Gasteiger partial charge in [-0.25, -0.2) is 0 Å². The number of hydrogen-bond donors (Lipinski definition) is 3. The molecule has 2 rings (SSSR count). The molecule has 3 N–H and O–H groups in total. The third kappa shape index (κ3) is 5.68. The average Bonchev–Trinajstić information content (AvgIpc) is 2.66. The van der Waals surface area contributed by atoms with E-state index in [1.807, 2.05) is 0 Å². The molecule has 0 unspecified atom stereocenters. The minimum absolute atomic E-state index is 0.103. The number of amides is 3. The molecule has 0 aliphatic heterocycles. The second kappa shape index (κ2) is 9.36. The zero-order valence-electron chi connectivity index (χ0n) is 15.1. The maximum absolute atomic E-state index is 12.2. The normalized spacial score (nSPS) is 10.3. The first kappa shape index (κ1) is 20.7. The van der Waals surface area contributed by atoms with Gasteiger partial charge in [0.2, 0.25) is 5.91 Å². The highest BCUT2D eigenvalue weighted by Crippen LogP contribution is 2.21. The van der Waals surface area contributed by atoms with Gasteiger partial charge in [-0.3, -0.25) is 25.2 Å². The Labute approximate surface area is 171 Å². The Hall–Kier alpha value is -2.62. The third-order valence-electron chi connectivity index (χ3n) is 3.64. The van der Waals surface area contributed by atoms with Crippen molar-refractivity contribution in [3.63, 3.8) is 0 Å². The molecule has 0 aliphatic carbocycles. The molecular weight excluding hydrogens is 461 g/mol. The lowest BCUT2D eigenvalue weighted by atomic mass is 10.1. The molecule has 2 aromatic carbocycles. The fourth-order valence-corrected chi connectivity index (χ4v) is 2.79. The van der Waals surface area contributed by atoms with Gasteiger partial charge in [-0.15, -0.1) is 0 Å². The van der Waals surface area contributed by atoms with E-state index in [2.05, 4.69) is 38.8 Å². The van der Waals surface area contributed by atoms with Gasteiger partial charge in [0.15, 0.2) is 0 Å². The molecule has 0 fully saturated rings. The van der Waals surface area contributed by atoms with Crippen LogP contribution in [0.25, 0.3) is 0 Å². The minimum atomic E-state index is -0.465. The third-order valence-corrected chi connectivity index (χ3v) is 4.49. The molecule has 8 heteroatoms. The van der Waals surface area contributed by atoms with Crippen LogP contribution < -0.4 is 20.9 Å². The molecule has 0 aliphatic rings. The van der Waals surface area contributed by atoms with Crippen molar-refractivity contribution in [3.05, 3.63) is 57.2 Å². The van der Waals surface area contributed by atoms with Crippen LogP contribution in [0.2, 0.25) is 0 Å². The number of methoxy groups -OCH3 is 1. The highest BCUT2D eigenvalue weighted by atomic mass is 127. The topological polar surface area (TPSA) is 96.5 Å². The second-order valence-corrected chi connectivity index (χ2v) is 7.14. The summed E-state index contributed by atoms with van der Waals surface area (Å²) < 4.78 is 5.93. The first-order valence-corrected chi connectivity index (χ1v) is 9.25. The van der Waals surface area contributed by atoms with Crippen molar-refractivity contribution >= 4 is 46.0 Å². The van der Waals surface area contributed by atoms with Gasteiger partial charge in [0.25, 0.3) is 11.8 Å². The summed E-state index contributed by atoms with van der Waals surface area (Å²) in [4.78, 5) is 36.0. The van der Waals surface area contributed by atoms with Gasteiger partial charge in [-0.2, -0.15) is 0 Å². The lowest BCUT2D eigenvalue weighted by Gasteiger charge is -2.10. The standard InChI is InChI=1S/C19H20IN3O4/c1-11(2)17(24)21-14-7-4-12(5-8-14)18(25)22-23-19(26)13-6-9-16(27-3)15(20)10-13/h4-11H,1-3H3,(H,21,24)(H,22,25)(H,23,26). The molecule has 0 atom stereocenters. The molecule has 0 spiro atoms. The van der Waals surface area contributed by atoms with Crippen LogP contribution in [-0.4, -0.2) is 24.8 Å². The van der Waals surface area contributed by atoms with E-state index < -0.39 is 11.8 Å². The molecule has 0 saturated heterocycles. The molecule has 0 heterocycles. The van der Waals surface area contributed by atoms with E-state index in [-0.39, 0.29) is 11.8 Å². The SMILES string of the molecule is COc1ccc(C(=O)NNC(=O)c2ccc(NC(=O)C(C)C)cc2)cc1I. The highest BCUT2D eigenvalue weighted by Gasteiger charge is 2.12. The van der Waals surface area contributed by atoms with Crippen LogP contribution in [0.3, 0.4) is 0 Å². The van der Waals surface area contributed by atoms with Crippen molar-refractivity contribution in [2.75, 3.05) is 12.4 Å².